The molecule has 1 heterocycles. The summed E-state index contributed by atoms with van der Waals surface area (Å²) in [6.07, 6.45) is 0. The van der Waals surface area contributed by atoms with Crippen molar-refractivity contribution in [2.45, 2.75) is 5.51 Å². The molecule has 1 aliphatic heterocycles. The summed E-state index contributed by atoms with van der Waals surface area (Å²) in [6, 6.07) is 31.0. The smallest absolute Gasteiger partial charge is 0.485 e. The molecule has 3 aromatic rings. The van der Waals surface area contributed by atoms with Crippen LogP contribution < -0.4 is 15.9 Å². The van der Waals surface area contributed by atoms with E-state index in [9.17, 15) is 13.2 Å². The highest BCUT2D eigenvalue weighted by Gasteiger charge is 2.45. The first kappa shape index (κ1) is 27.8. The molecule has 3 aromatic carbocycles. The summed E-state index contributed by atoms with van der Waals surface area (Å²) in [4.78, 5) is 1.80. The molecule has 0 N–H and O–H groups in total. The molecular weight excluding hydrogens is 517 g/mol. The molecule has 4 rings (SSSR count). The second-order valence-electron chi connectivity index (χ2n) is 7.68. The zero-order valence-corrected chi connectivity index (χ0v) is 20.7. The Morgan fingerprint density at radius 1 is 0.806 bits per heavy atom. The van der Waals surface area contributed by atoms with Gasteiger partial charge in [0.1, 0.15) is 29.0 Å². The number of hydrogen-bond acceptors (Lipinski definition) is 5. The summed E-state index contributed by atoms with van der Waals surface area (Å²) in [5, 5.41) is 3.45. The van der Waals surface area contributed by atoms with Gasteiger partial charge in [-0.05, 0) is 36.4 Å². The van der Waals surface area contributed by atoms with Gasteiger partial charge >= 0.3 is 5.51 Å². The number of rotatable bonds is 5. The summed E-state index contributed by atoms with van der Waals surface area (Å²) < 4.78 is 79.9. The van der Waals surface area contributed by atoms with Crippen LogP contribution >= 0.6 is 7.26 Å². The second kappa shape index (κ2) is 12.0. The lowest BCUT2D eigenvalue weighted by atomic mass is 10.4. The minimum atomic E-state index is -6.09. The summed E-state index contributed by atoms with van der Waals surface area (Å²) in [5.41, 5.74) is -5.65. The predicted molar refractivity (Wildman–Crippen MR) is 132 cm³/mol. The van der Waals surface area contributed by atoms with Crippen LogP contribution in [0.3, 0.4) is 0 Å². The first-order valence-corrected chi connectivity index (χ1v) is 14.1. The highest BCUT2D eigenvalue weighted by atomic mass is 32.2. The van der Waals surface area contributed by atoms with Crippen LogP contribution in [0.15, 0.2) is 103 Å². The lowest BCUT2D eigenvalue weighted by Gasteiger charge is -2.29. The molecule has 0 bridgehead atoms. The maximum Gasteiger partial charge on any atom is 0.485 e. The molecule has 0 unspecified atom stereocenters. The average molecular weight is 542 g/mol. The number of benzene rings is 3. The van der Waals surface area contributed by atoms with Crippen molar-refractivity contribution in [3.63, 3.8) is 0 Å². The van der Waals surface area contributed by atoms with E-state index in [4.69, 9.17) is 17.7 Å². The molecule has 0 spiro atoms. The van der Waals surface area contributed by atoms with E-state index < -0.39 is 22.9 Å². The molecule has 11 heteroatoms. The molecule has 36 heavy (non-hydrogen) atoms. The molecule has 1 saturated heterocycles. The third-order valence-corrected chi connectivity index (χ3v) is 9.89. The molecule has 1 aliphatic rings. The topological polar surface area (TPSA) is 69.7 Å². The zero-order chi connectivity index (χ0) is 26.2. The Hall–Kier alpha value is -2.78. The summed E-state index contributed by atoms with van der Waals surface area (Å²) in [5.74, 6) is 1.73. The number of alkyl halides is 3. The fourth-order valence-electron chi connectivity index (χ4n) is 3.68. The van der Waals surface area contributed by atoms with Gasteiger partial charge in [-0.25, -0.2) is 8.42 Å². The molecule has 0 atom stereocenters. The van der Waals surface area contributed by atoms with Crippen LogP contribution in [0.5, 0.6) is 0 Å². The van der Waals surface area contributed by atoms with Crippen LogP contribution in [-0.2, 0) is 14.9 Å². The number of morpholine rings is 1. The lowest BCUT2D eigenvalue weighted by molar-refractivity contribution is -0.0517. The Morgan fingerprint density at radius 3 is 1.44 bits per heavy atom. The Bertz CT molecular complexity index is 1140. The largest absolute Gasteiger partial charge is 0.741 e. The van der Waals surface area contributed by atoms with Gasteiger partial charge in [0.2, 0.25) is 5.95 Å². The highest BCUT2D eigenvalue weighted by Crippen LogP contribution is 2.57. The molecule has 0 aliphatic carbocycles. The fraction of sp³-hybridized carbons (Fsp3) is 0.200. The van der Waals surface area contributed by atoms with E-state index in [1.807, 2.05) is 60.4 Å². The first-order valence-electron chi connectivity index (χ1n) is 10.8. The maximum absolute atomic E-state index is 15.6. The molecule has 0 amide bonds. The lowest BCUT2D eigenvalue weighted by Crippen LogP contribution is -2.36. The third-order valence-electron chi connectivity index (χ3n) is 5.39. The standard InChI is InChI=1S/C24H24FNOP.CHF3O3S/c25-24(26-16-18-27-19-17-26)20-28(21-10-4-1-5-11-21,22-12-6-2-7-13-22)23-14-8-3-9-15-23;2-1(3,4)8(5,6)7/h1-15,20H,16-19H2;(H,5,6,7)/q+1;/p-1/b24-20+;. The van der Waals surface area contributed by atoms with E-state index in [-0.39, 0.29) is 5.95 Å². The summed E-state index contributed by atoms with van der Waals surface area (Å²) >= 11 is 0. The van der Waals surface area contributed by atoms with E-state index in [1.165, 1.54) is 0 Å². The second-order valence-corrected chi connectivity index (χ2v) is 12.3. The van der Waals surface area contributed by atoms with Crippen molar-refractivity contribution in [1.29, 1.82) is 0 Å². The van der Waals surface area contributed by atoms with Gasteiger partial charge in [0.25, 0.3) is 0 Å². The van der Waals surface area contributed by atoms with Crippen molar-refractivity contribution in [2.24, 2.45) is 0 Å². The number of hydrogen-bond donors (Lipinski definition) is 0. The first-order chi connectivity index (χ1) is 17.1. The van der Waals surface area contributed by atoms with Gasteiger partial charge in [0.15, 0.2) is 10.1 Å². The van der Waals surface area contributed by atoms with Crippen molar-refractivity contribution >= 4 is 33.3 Å². The maximum atomic E-state index is 15.6. The van der Waals surface area contributed by atoms with Gasteiger partial charge in [-0.15, -0.1) is 0 Å². The molecule has 192 valence electrons. The zero-order valence-electron chi connectivity index (χ0n) is 19.0. The normalized spacial score (nSPS) is 15.1. The molecular formula is C25H24F4NO4PS. The van der Waals surface area contributed by atoms with Crippen LogP contribution in [0.25, 0.3) is 0 Å². The third kappa shape index (κ3) is 6.70. The van der Waals surface area contributed by atoms with Crippen LogP contribution in [0.4, 0.5) is 17.6 Å². The summed E-state index contributed by atoms with van der Waals surface area (Å²) in [6.45, 7) is 2.30. The average Bonchev–Trinajstić information content (AvgIpc) is 2.88. The minimum absolute atomic E-state index is 0.159. The number of halogens is 4. The van der Waals surface area contributed by atoms with Crippen LogP contribution in [0, 0.1) is 0 Å². The van der Waals surface area contributed by atoms with E-state index in [1.54, 1.807) is 4.90 Å². The van der Waals surface area contributed by atoms with Crippen LogP contribution in [0.2, 0.25) is 0 Å². The molecule has 0 saturated carbocycles. The van der Waals surface area contributed by atoms with E-state index in [2.05, 4.69) is 36.4 Å². The number of ether oxygens (including phenoxy) is 1. The molecule has 0 aromatic heterocycles. The van der Waals surface area contributed by atoms with Gasteiger partial charge in [0.05, 0.1) is 13.2 Å². The van der Waals surface area contributed by atoms with Crippen molar-refractivity contribution in [2.75, 3.05) is 26.3 Å². The van der Waals surface area contributed by atoms with Gasteiger partial charge in [0, 0.05) is 13.1 Å². The van der Waals surface area contributed by atoms with Gasteiger partial charge in [-0.1, -0.05) is 54.6 Å². The Morgan fingerprint density at radius 2 is 1.14 bits per heavy atom. The Labute approximate surface area is 208 Å². The predicted octanol–water partition coefficient (Wildman–Crippen LogP) is 4.13. The van der Waals surface area contributed by atoms with Crippen molar-refractivity contribution in [3.05, 3.63) is 103 Å². The molecule has 0 radical (unpaired) electrons. The van der Waals surface area contributed by atoms with Crippen LogP contribution in [0.1, 0.15) is 0 Å². The van der Waals surface area contributed by atoms with Gasteiger partial charge < -0.3 is 14.2 Å². The van der Waals surface area contributed by atoms with Crippen molar-refractivity contribution in [3.8, 4) is 0 Å². The SMILES string of the molecule is F/C(=C\[P+](c1ccccc1)(c1ccccc1)c1ccccc1)N1CCOCC1.O=S(=O)([O-])C(F)(F)F. The quantitative estimate of drug-likeness (QED) is 0.160. The number of nitrogens with zero attached hydrogens (tertiary/aromatic N) is 1. The van der Waals surface area contributed by atoms with E-state index >= 15 is 4.39 Å². The fourth-order valence-corrected chi connectivity index (χ4v) is 7.43. The van der Waals surface area contributed by atoms with E-state index in [0.29, 0.717) is 26.3 Å². The molecule has 5 nitrogen and oxygen atoms in total. The Balaban J connectivity index is 0.000000392. The van der Waals surface area contributed by atoms with Crippen molar-refractivity contribution < 1.29 is 35.3 Å². The summed E-state index contributed by atoms with van der Waals surface area (Å²) in [7, 11) is -8.39. The molecule has 1 fully saturated rings. The van der Waals surface area contributed by atoms with Crippen molar-refractivity contribution in [1.82, 2.24) is 4.90 Å². The Kier molecular flexibility index (Phi) is 9.24. The highest BCUT2D eigenvalue weighted by molar-refractivity contribution is 7.98. The minimum Gasteiger partial charge on any atom is -0.741 e. The van der Waals surface area contributed by atoms with Gasteiger partial charge in [-0.2, -0.15) is 17.6 Å². The van der Waals surface area contributed by atoms with Gasteiger partial charge in [-0.3, -0.25) is 0 Å². The monoisotopic (exact) mass is 541 g/mol. The van der Waals surface area contributed by atoms with Crippen LogP contribution in [-0.4, -0.2) is 49.7 Å². The van der Waals surface area contributed by atoms with E-state index in [0.717, 1.165) is 15.9 Å².